The van der Waals surface area contributed by atoms with E-state index in [1.807, 2.05) is 0 Å². The van der Waals surface area contributed by atoms with E-state index in [0.29, 0.717) is 16.7 Å². The molecule has 0 bridgehead atoms. The quantitative estimate of drug-likeness (QED) is 0.336. The van der Waals surface area contributed by atoms with Crippen LogP contribution in [0.1, 0.15) is 68.1 Å². The molecule has 0 saturated heterocycles. The molecule has 0 spiro atoms. The first-order valence-corrected chi connectivity index (χ1v) is 12.3. The molecular formula is C30H31F3O2. The van der Waals surface area contributed by atoms with E-state index in [9.17, 15) is 14.6 Å². The van der Waals surface area contributed by atoms with Gasteiger partial charge in [0.2, 0.25) is 0 Å². The lowest BCUT2D eigenvalue weighted by molar-refractivity contribution is 0.0727. The maximum atomic E-state index is 15.1. The Hall–Kier alpha value is -3.05. The predicted octanol–water partition coefficient (Wildman–Crippen LogP) is 8.08. The summed E-state index contributed by atoms with van der Waals surface area (Å²) < 4.78 is 43.6. The number of hydrogen-bond acceptors (Lipinski definition) is 2. The van der Waals surface area contributed by atoms with Crippen molar-refractivity contribution in [2.45, 2.75) is 57.5 Å². The van der Waals surface area contributed by atoms with Gasteiger partial charge in [0.1, 0.15) is 0 Å². The van der Waals surface area contributed by atoms with Crippen LogP contribution in [0.2, 0.25) is 0 Å². The SMILES string of the molecule is CCCC(O)C1CCC(c2ccc(-c3ccc(/C=C/c4ccc(O)c(F)c4)cc3)c(F)c2F)CC1. The lowest BCUT2D eigenvalue weighted by atomic mass is 9.75. The number of phenols is 1. The molecule has 2 nitrogen and oxygen atoms in total. The number of phenolic OH excluding ortho intramolecular Hbond substituents is 1. The predicted molar refractivity (Wildman–Crippen MR) is 134 cm³/mol. The summed E-state index contributed by atoms with van der Waals surface area (Å²) in [7, 11) is 0. The van der Waals surface area contributed by atoms with Crippen molar-refractivity contribution in [2.24, 2.45) is 5.92 Å². The lowest BCUT2D eigenvalue weighted by Gasteiger charge is -2.32. The molecule has 2 N–H and O–H groups in total. The molecule has 0 heterocycles. The minimum absolute atomic E-state index is 0.0270. The van der Waals surface area contributed by atoms with E-state index in [-0.39, 0.29) is 23.5 Å². The number of aromatic hydroxyl groups is 1. The van der Waals surface area contributed by atoms with Crippen LogP contribution in [0.5, 0.6) is 5.75 Å². The molecule has 0 aromatic heterocycles. The van der Waals surface area contributed by atoms with Crippen LogP contribution in [0.25, 0.3) is 23.3 Å². The summed E-state index contributed by atoms with van der Waals surface area (Å²) in [6.07, 6.45) is 8.10. The Labute approximate surface area is 204 Å². The average molecular weight is 481 g/mol. The highest BCUT2D eigenvalue weighted by molar-refractivity contribution is 5.72. The standard InChI is InChI=1S/C30H31F3O2/c1-2-3-27(34)23-13-11-22(12-14-23)25-16-15-24(29(32)30(25)33)21-9-6-19(7-10-21)4-5-20-8-17-28(35)26(31)18-20/h4-10,15-18,22-23,27,34-35H,2-3,11-14H2,1H3/b5-4+. The molecule has 0 aliphatic heterocycles. The minimum atomic E-state index is -0.835. The summed E-state index contributed by atoms with van der Waals surface area (Å²) in [5.74, 6) is -2.48. The van der Waals surface area contributed by atoms with Crippen molar-refractivity contribution in [3.63, 3.8) is 0 Å². The number of aliphatic hydroxyl groups is 1. The maximum Gasteiger partial charge on any atom is 0.166 e. The molecule has 1 fully saturated rings. The van der Waals surface area contributed by atoms with E-state index in [1.54, 1.807) is 54.6 Å². The van der Waals surface area contributed by atoms with E-state index in [0.717, 1.165) is 44.1 Å². The highest BCUT2D eigenvalue weighted by atomic mass is 19.2. The van der Waals surface area contributed by atoms with E-state index in [4.69, 9.17) is 0 Å². The highest BCUT2D eigenvalue weighted by Gasteiger charge is 2.29. The van der Waals surface area contributed by atoms with E-state index in [1.165, 1.54) is 12.1 Å². The zero-order chi connectivity index (χ0) is 24.9. The Morgan fingerprint density at radius 3 is 2.17 bits per heavy atom. The smallest absolute Gasteiger partial charge is 0.166 e. The molecule has 1 atom stereocenters. The molecule has 0 amide bonds. The number of halogens is 3. The van der Waals surface area contributed by atoms with E-state index < -0.39 is 23.2 Å². The average Bonchev–Trinajstić information content (AvgIpc) is 2.87. The second-order valence-corrected chi connectivity index (χ2v) is 9.46. The van der Waals surface area contributed by atoms with Crippen molar-refractivity contribution in [3.05, 3.63) is 88.7 Å². The van der Waals surface area contributed by atoms with Gasteiger partial charge in [-0.3, -0.25) is 0 Å². The molecule has 1 aliphatic rings. The Bertz CT molecular complexity index is 1180. The topological polar surface area (TPSA) is 40.5 Å². The summed E-state index contributed by atoms with van der Waals surface area (Å²) in [4.78, 5) is 0. The van der Waals surface area contributed by atoms with Gasteiger partial charge in [-0.1, -0.05) is 68.0 Å². The monoisotopic (exact) mass is 480 g/mol. The molecule has 4 rings (SSSR count). The first-order chi connectivity index (χ1) is 16.9. The molecule has 1 unspecified atom stereocenters. The summed E-state index contributed by atoms with van der Waals surface area (Å²) in [6, 6.07) is 14.5. The molecule has 35 heavy (non-hydrogen) atoms. The van der Waals surface area contributed by atoms with Crippen LogP contribution in [0.4, 0.5) is 13.2 Å². The van der Waals surface area contributed by atoms with Gasteiger partial charge < -0.3 is 10.2 Å². The van der Waals surface area contributed by atoms with Crippen LogP contribution in [0.15, 0.2) is 54.6 Å². The third-order valence-electron chi connectivity index (χ3n) is 7.11. The van der Waals surface area contributed by atoms with Gasteiger partial charge in [-0.2, -0.15) is 0 Å². The van der Waals surface area contributed by atoms with Gasteiger partial charge in [0.15, 0.2) is 23.2 Å². The Morgan fingerprint density at radius 2 is 1.51 bits per heavy atom. The normalized spacial score (nSPS) is 19.2. The van der Waals surface area contributed by atoms with Gasteiger partial charge in [0, 0.05) is 5.56 Å². The fourth-order valence-corrected chi connectivity index (χ4v) is 5.04. The Balaban J connectivity index is 1.45. The van der Waals surface area contributed by atoms with Gasteiger partial charge >= 0.3 is 0 Å². The van der Waals surface area contributed by atoms with Crippen LogP contribution >= 0.6 is 0 Å². The highest BCUT2D eigenvalue weighted by Crippen LogP contribution is 2.40. The molecule has 5 heteroatoms. The summed E-state index contributed by atoms with van der Waals surface area (Å²) in [6.45, 7) is 2.05. The summed E-state index contributed by atoms with van der Waals surface area (Å²) >= 11 is 0. The van der Waals surface area contributed by atoms with Crippen molar-refractivity contribution in [3.8, 4) is 16.9 Å². The van der Waals surface area contributed by atoms with Crippen LogP contribution in [0.3, 0.4) is 0 Å². The van der Waals surface area contributed by atoms with E-state index in [2.05, 4.69) is 6.92 Å². The first-order valence-electron chi connectivity index (χ1n) is 12.3. The minimum Gasteiger partial charge on any atom is -0.505 e. The number of benzene rings is 3. The number of aliphatic hydroxyl groups excluding tert-OH is 1. The van der Waals surface area contributed by atoms with Crippen LogP contribution in [0, 0.1) is 23.4 Å². The molecular weight excluding hydrogens is 449 g/mol. The molecule has 1 saturated carbocycles. The zero-order valence-corrected chi connectivity index (χ0v) is 19.9. The fraction of sp³-hybridized carbons (Fsp3) is 0.333. The van der Waals surface area contributed by atoms with Crippen LogP contribution in [-0.2, 0) is 0 Å². The Kier molecular flexibility index (Phi) is 7.97. The largest absolute Gasteiger partial charge is 0.505 e. The second kappa shape index (κ2) is 11.1. The van der Waals surface area contributed by atoms with E-state index >= 15 is 8.78 Å². The maximum absolute atomic E-state index is 15.1. The molecule has 0 radical (unpaired) electrons. The van der Waals surface area contributed by atoms with Gasteiger partial charge in [-0.05, 0) is 78.3 Å². The van der Waals surface area contributed by atoms with Crippen LogP contribution in [-0.4, -0.2) is 16.3 Å². The number of hydrogen-bond donors (Lipinski definition) is 2. The molecule has 3 aromatic carbocycles. The van der Waals surface area contributed by atoms with Crippen molar-refractivity contribution in [1.82, 2.24) is 0 Å². The first kappa shape index (κ1) is 25.1. The molecule has 3 aromatic rings. The third kappa shape index (κ3) is 5.79. The second-order valence-electron chi connectivity index (χ2n) is 9.46. The van der Waals surface area contributed by atoms with Crippen molar-refractivity contribution in [2.75, 3.05) is 0 Å². The molecule has 184 valence electrons. The number of rotatable bonds is 7. The Morgan fingerprint density at radius 1 is 0.857 bits per heavy atom. The summed E-state index contributed by atoms with van der Waals surface area (Å²) in [5.41, 5.74) is 2.64. The fourth-order valence-electron chi connectivity index (χ4n) is 5.04. The van der Waals surface area contributed by atoms with Gasteiger partial charge in [-0.25, -0.2) is 13.2 Å². The van der Waals surface area contributed by atoms with Gasteiger partial charge in [0.05, 0.1) is 6.10 Å². The van der Waals surface area contributed by atoms with Crippen molar-refractivity contribution < 1.29 is 23.4 Å². The van der Waals surface area contributed by atoms with Crippen LogP contribution < -0.4 is 0 Å². The zero-order valence-electron chi connectivity index (χ0n) is 19.9. The van der Waals surface area contributed by atoms with Gasteiger partial charge in [0.25, 0.3) is 0 Å². The van der Waals surface area contributed by atoms with Crippen molar-refractivity contribution >= 4 is 12.2 Å². The lowest BCUT2D eigenvalue weighted by Crippen LogP contribution is -2.25. The van der Waals surface area contributed by atoms with Crippen molar-refractivity contribution in [1.29, 1.82) is 0 Å². The summed E-state index contributed by atoms with van der Waals surface area (Å²) in [5, 5.41) is 19.5. The molecule has 1 aliphatic carbocycles. The third-order valence-corrected chi connectivity index (χ3v) is 7.11. The van der Waals surface area contributed by atoms with Gasteiger partial charge in [-0.15, -0.1) is 0 Å².